The number of halogens is 1. The van der Waals surface area contributed by atoms with Crippen LogP contribution in [-0.4, -0.2) is 11.7 Å². The van der Waals surface area contributed by atoms with Crippen LogP contribution in [-0.2, 0) is 11.3 Å². The molecule has 3 aromatic carbocycles. The number of carbonyl (C=O) groups is 2. The number of nitrogens with zero attached hydrogens (tertiary/aromatic N) is 1. The van der Waals surface area contributed by atoms with Crippen LogP contribution in [0, 0.1) is 0 Å². The fourth-order valence-corrected chi connectivity index (χ4v) is 3.89. The zero-order valence-corrected chi connectivity index (χ0v) is 16.2. The van der Waals surface area contributed by atoms with Crippen LogP contribution >= 0.6 is 0 Å². The molecule has 1 amide bonds. The highest BCUT2D eigenvalue weighted by molar-refractivity contribution is 6.27. The summed E-state index contributed by atoms with van der Waals surface area (Å²) >= 11 is 0. The molecule has 1 N–H and O–H groups in total. The topological polar surface area (TPSA) is 50.0 Å². The third-order valence-corrected chi connectivity index (χ3v) is 5.12. The van der Waals surface area contributed by atoms with E-state index in [9.17, 15) is 9.59 Å². The molecule has 5 heteroatoms. The van der Waals surface area contributed by atoms with Crippen molar-refractivity contribution in [2.75, 3.05) is 5.32 Å². The maximum absolute atomic E-state index is 13.0. The van der Waals surface area contributed by atoms with Gasteiger partial charge in [0.25, 0.3) is 5.91 Å². The van der Waals surface area contributed by atoms with Crippen molar-refractivity contribution in [2.24, 2.45) is 0 Å². The summed E-state index contributed by atoms with van der Waals surface area (Å²) in [7, 11) is 0. The highest BCUT2D eigenvalue weighted by atomic mass is 35.5. The lowest BCUT2D eigenvalue weighted by atomic mass is 9.82. The minimum Gasteiger partial charge on any atom is -1.00 e. The van der Waals surface area contributed by atoms with Crippen LogP contribution in [0.4, 0.5) is 5.69 Å². The molecule has 4 nitrogen and oxygen atoms in total. The summed E-state index contributed by atoms with van der Waals surface area (Å²) in [5.41, 5.74) is 4.08. The SMILES string of the molecule is O=C(C[n+]1ccccc1)Nc1ccc2c3c(cccc13)C(=O)c1ccccc1-2.[Cl-]. The minimum atomic E-state index is -0.112. The fourth-order valence-electron chi connectivity index (χ4n) is 3.89. The molecular formula is C24H17ClN2O2. The van der Waals surface area contributed by atoms with E-state index in [4.69, 9.17) is 0 Å². The maximum atomic E-state index is 13.0. The lowest BCUT2D eigenvalue weighted by Gasteiger charge is -2.21. The summed E-state index contributed by atoms with van der Waals surface area (Å²) in [4.78, 5) is 25.5. The highest BCUT2D eigenvalue weighted by Crippen LogP contribution is 2.41. The molecule has 29 heavy (non-hydrogen) atoms. The molecule has 0 bridgehead atoms. The smallest absolute Gasteiger partial charge is 0.290 e. The third-order valence-electron chi connectivity index (χ3n) is 5.12. The predicted octanol–water partition coefficient (Wildman–Crippen LogP) is 0.981. The van der Waals surface area contributed by atoms with Gasteiger partial charge in [-0.05, 0) is 17.2 Å². The van der Waals surface area contributed by atoms with Gasteiger partial charge < -0.3 is 17.7 Å². The number of carbonyl (C=O) groups excluding carboxylic acids is 2. The summed E-state index contributed by atoms with van der Waals surface area (Å²) in [6, 6.07) is 22.9. The first kappa shape index (κ1) is 18.8. The second-order valence-corrected chi connectivity index (χ2v) is 6.86. The molecule has 1 aliphatic rings. The van der Waals surface area contributed by atoms with Crippen molar-refractivity contribution in [1.82, 2.24) is 0 Å². The van der Waals surface area contributed by atoms with Crippen molar-refractivity contribution < 1.29 is 26.6 Å². The largest absolute Gasteiger partial charge is 1.00 e. The fraction of sp³-hybridized carbons (Fsp3) is 0.0417. The van der Waals surface area contributed by atoms with Gasteiger partial charge in [0.05, 0.1) is 0 Å². The summed E-state index contributed by atoms with van der Waals surface area (Å²) in [5.74, 6) is -0.0866. The van der Waals surface area contributed by atoms with Crippen LogP contribution in [0.2, 0.25) is 0 Å². The van der Waals surface area contributed by atoms with Gasteiger partial charge in [0, 0.05) is 39.7 Å². The molecule has 5 rings (SSSR count). The first-order valence-electron chi connectivity index (χ1n) is 9.16. The van der Waals surface area contributed by atoms with Gasteiger partial charge in [0.1, 0.15) is 0 Å². The van der Waals surface area contributed by atoms with Crippen molar-refractivity contribution in [3.8, 4) is 11.1 Å². The number of anilines is 1. The molecule has 1 heterocycles. The van der Waals surface area contributed by atoms with Gasteiger partial charge in [0.2, 0.25) is 6.54 Å². The average molecular weight is 401 g/mol. The molecule has 1 aliphatic carbocycles. The van der Waals surface area contributed by atoms with Gasteiger partial charge in [-0.3, -0.25) is 9.59 Å². The maximum Gasteiger partial charge on any atom is 0.290 e. The number of pyridine rings is 1. The lowest BCUT2D eigenvalue weighted by Crippen LogP contribution is -3.00. The van der Waals surface area contributed by atoms with Gasteiger partial charge >= 0.3 is 0 Å². The van der Waals surface area contributed by atoms with Gasteiger partial charge in [-0.15, -0.1) is 0 Å². The first-order valence-corrected chi connectivity index (χ1v) is 9.16. The van der Waals surface area contributed by atoms with Crippen LogP contribution in [0.25, 0.3) is 21.9 Å². The zero-order chi connectivity index (χ0) is 19.1. The van der Waals surface area contributed by atoms with E-state index in [0.717, 1.165) is 27.5 Å². The number of nitrogens with one attached hydrogen (secondary N) is 1. The quantitative estimate of drug-likeness (QED) is 0.459. The highest BCUT2D eigenvalue weighted by Gasteiger charge is 2.25. The predicted molar refractivity (Wildman–Crippen MR) is 108 cm³/mol. The number of hydrogen-bond donors (Lipinski definition) is 1. The third kappa shape index (κ3) is 3.18. The van der Waals surface area contributed by atoms with E-state index in [1.807, 2.05) is 89.8 Å². The van der Waals surface area contributed by atoms with Gasteiger partial charge in [-0.25, -0.2) is 0 Å². The number of rotatable bonds is 3. The Labute approximate surface area is 174 Å². The van der Waals surface area contributed by atoms with Crippen molar-refractivity contribution in [2.45, 2.75) is 6.54 Å². The van der Waals surface area contributed by atoms with E-state index in [2.05, 4.69) is 5.32 Å². The summed E-state index contributed by atoms with van der Waals surface area (Å²) in [6.45, 7) is 0.228. The van der Waals surface area contributed by atoms with E-state index in [1.54, 1.807) is 0 Å². The van der Waals surface area contributed by atoms with Gasteiger partial charge in [0.15, 0.2) is 18.2 Å². The molecule has 0 saturated heterocycles. The molecule has 0 spiro atoms. The number of amides is 1. The van der Waals surface area contributed by atoms with Crippen molar-refractivity contribution in [3.05, 3.63) is 96.3 Å². The first-order chi connectivity index (χ1) is 13.7. The minimum absolute atomic E-state index is 0. The Morgan fingerprint density at radius 3 is 2.28 bits per heavy atom. The van der Waals surface area contributed by atoms with Crippen molar-refractivity contribution in [1.29, 1.82) is 0 Å². The summed E-state index contributed by atoms with van der Waals surface area (Å²) in [5, 5.41) is 4.78. The van der Waals surface area contributed by atoms with Gasteiger partial charge in [-0.2, -0.15) is 4.57 Å². The molecular weight excluding hydrogens is 384 g/mol. The number of fused-ring (bicyclic) bond motifs is 2. The lowest BCUT2D eigenvalue weighted by molar-refractivity contribution is -0.684. The molecule has 0 atom stereocenters. The van der Waals surface area contributed by atoms with Crippen molar-refractivity contribution in [3.63, 3.8) is 0 Å². The van der Waals surface area contributed by atoms with Crippen molar-refractivity contribution >= 4 is 28.2 Å². The summed E-state index contributed by atoms with van der Waals surface area (Å²) in [6.07, 6.45) is 3.71. The van der Waals surface area contributed by atoms with Crippen LogP contribution < -0.4 is 22.3 Å². The molecule has 0 aliphatic heterocycles. The zero-order valence-electron chi connectivity index (χ0n) is 15.4. The Balaban J connectivity index is 0.00000205. The van der Waals surface area contributed by atoms with E-state index in [1.165, 1.54) is 0 Å². The second kappa shape index (κ2) is 7.49. The van der Waals surface area contributed by atoms with Crippen LogP contribution in [0.5, 0.6) is 0 Å². The number of benzene rings is 3. The Kier molecular flexibility index (Phi) is 4.87. The molecule has 0 fully saturated rings. The Bertz CT molecular complexity index is 1250. The van der Waals surface area contributed by atoms with E-state index in [0.29, 0.717) is 11.3 Å². The normalized spacial score (nSPS) is 11.5. The Morgan fingerprint density at radius 2 is 1.48 bits per heavy atom. The van der Waals surface area contributed by atoms with E-state index in [-0.39, 0.29) is 30.6 Å². The molecule has 0 radical (unpaired) electrons. The molecule has 1 aromatic heterocycles. The standard InChI is InChI=1S/C24H16N2O2.ClH/c27-22(15-26-13-4-1-5-14-26)25-21-12-11-17-16-7-2-3-8-18(16)24(28)20-10-6-9-19(21)23(17)20;/h1-14H,15H2;1H. The van der Waals surface area contributed by atoms with E-state index >= 15 is 0 Å². The van der Waals surface area contributed by atoms with Crippen LogP contribution in [0.3, 0.4) is 0 Å². The Morgan fingerprint density at radius 1 is 0.759 bits per heavy atom. The monoisotopic (exact) mass is 400 g/mol. The molecule has 142 valence electrons. The van der Waals surface area contributed by atoms with E-state index < -0.39 is 0 Å². The number of aromatic nitrogens is 1. The molecule has 4 aromatic rings. The summed E-state index contributed by atoms with van der Waals surface area (Å²) < 4.78 is 1.82. The average Bonchev–Trinajstić information content (AvgIpc) is 2.73. The number of hydrogen-bond acceptors (Lipinski definition) is 2. The Hall–Kier alpha value is -3.50. The van der Waals surface area contributed by atoms with Crippen LogP contribution in [0.1, 0.15) is 15.9 Å². The van der Waals surface area contributed by atoms with Gasteiger partial charge in [-0.1, -0.05) is 54.6 Å². The second-order valence-electron chi connectivity index (χ2n) is 6.86. The molecule has 0 saturated carbocycles. The van der Waals surface area contributed by atoms with Crippen LogP contribution in [0.15, 0.2) is 85.2 Å². The molecule has 0 unspecified atom stereocenters. The number of ketones is 1.